The van der Waals surface area contributed by atoms with Crippen LogP contribution in [-0.4, -0.2) is 28.7 Å². The van der Waals surface area contributed by atoms with E-state index in [0.717, 1.165) is 17.5 Å². The lowest BCUT2D eigenvalue weighted by Gasteiger charge is -2.50. The van der Waals surface area contributed by atoms with Crippen LogP contribution in [0, 0.1) is 6.92 Å². The van der Waals surface area contributed by atoms with Gasteiger partial charge in [0.2, 0.25) is 0 Å². The summed E-state index contributed by atoms with van der Waals surface area (Å²) in [4.78, 5) is 18.6. The van der Waals surface area contributed by atoms with Crippen molar-refractivity contribution < 1.29 is 4.79 Å². The molecule has 5 heteroatoms. The van der Waals surface area contributed by atoms with Gasteiger partial charge >= 0.3 is 0 Å². The van der Waals surface area contributed by atoms with E-state index in [9.17, 15) is 4.79 Å². The highest BCUT2D eigenvalue weighted by atomic mass is 16.2. The minimum Gasteiger partial charge on any atom is -0.364 e. The Morgan fingerprint density at radius 3 is 2.64 bits per heavy atom. The van der Waals surface area contributed by atoms with Gasteiger partial charge < -0.3 is 4.90 Å². The molecule has 28 heavy (non-hydrogen) atoms. The number of carbonyl (C=O) groups excluding carboxylic acids is 1. The fraction of sp³-hybridized carbons (Fsp3) is 0.435. The molecule has 0 aliphatic carbocycles. The van der Waals surface area contributed by atoms with Crippen molar-refractivity contribution in [2.24, 2.45) is 5.10 Å². The molecule has 1 amide bonds. The second-order valence-corrected chi connectivity index (χ2v) is 8.58. The molecule has 1 aliphatic rings. The second-order valence-electron chi connectivity index (χ2n) is 8.58. The molecule has 148 valence electrons. The van der Waals surface area contributed by atoms with E-state index in [4.69, 9.17) is 0 Å². The Bertz CT molecular complexity index is 887. The van der Waals surface area contributed by atoms with E-state index in [1.165, 1.54) is 11.3 Å². The number of rotatable bonds is 4. The molecule has 0 spiro atoms. The predicted molar refractivity (Wildman–Crippen MR) is 115 cm³/mol. The summed E-state index contributed by atoms with van der Waals surface area (Å²) in [6.07, 6.45) is 6.03. The first-order valence-electron chi connectivity index (χ1n) is 9.88. The average Bonchev–Trinajstić information content (AvgIpc) is 2.62. The number of amides is 1. The maximum Gasteiger partial charge on any atom is 0.271 e. The SMILES string of the molecule is Cc1cc2c(cc1/C=N/NC(=O)c1ccncc1)C(C)CC(C)(C)N2C(C)C. The molecule has 0 fully saturated rings. The van der Waals surface area contributed by atoms with Crippen LogP contribution in [0.15, 0.2) is 41.8 Å². The Balaban J connectivity index is 1.87. The van der Waals surface area contributed by atoms with Crippen LogP contribution in [0.5, 0.6) is 0 Å². The molecule has 0 saturated heterocycles. The van der Waals surface area contributed by atoms with Crippen LogP contribution in [0.3, 0.4) is 0 Å². The summed E-state index contributed by atoms with van der Waals surface area (Å²) >= 11 is 0. The van der Waals surface area contributed by atoms with Crippen LogP contribution >= 0.6 is 0 Å². The second kappa shape index (κ2) is 7.74. The quantitative estimate of drug-likeness (QED) is 0.622. The van der Waals surface area contributed by atoms with Crippen LogP contribution in [0.4, 0.5) is 5.69 Å². The Morgan fingerprint density at radius 2 is 2.00 bits per heavy atom. The van der Waals surface area contributed by atoms with Crippen LogP contribution in [0.2, 0.25) is 0 Å². The predicted octanol–water partition coefficient (Wildman–Crippen LogP) is 4.65. The van der Waals surface area contributed by atoms with E-state index in [1.54, 1.807) is 30.7 Å². The van der Waals surface area contributed by atoms with Gasteiger partial charge in [0.25, 0.3) is 5.91 Å². The van der Waals surface area contributed by atoms with Gasteiger partial charge in [-0.2, -0.15) is 5.10 Å². The number of carbonyl (C=O) groups is 1. The number of pyridine rings is 1. The van der Waals surface area contributed by atoms with E-state index >= 15 is 0 Å². The molecule has 1 atom stereocenters. The van der Waals surface area contributed by atoms with E-state index in [1.807, 2.05) is 0 Å². The number of aryl methyl sites for hydroxylation is 1. The van der Waals surface area contributed by atoms with Gasteiger partial charge in [0.05, 0.1) is 6.21 Å². The Morgan fingerprint density at radius 1 is 1.32 bits per heavy atom. The standard InChI is InChI=1S/C23H30N4O/c1-15(2)27-21-11-16(3)19(12-20(21)17(4)13-23(27,5)6)14-25-26-22(28)18-7-9-24-10-8-18/h7-12,14-15,17H,13H2,1-6H3,(H,26,28)/b25-14+. The lowest BCUT2D eigenvalue weighted by molar-refractivity contribution is 0.0955. The van der Waals surface area contributed by atoms with Crippen LogP contribution in [0.1, 0.15) is 74.0 Å². The zero-order valence-electron chi connectivity index (χ0n) is 17.7. The lowest BCUT2D eigenvalue weighted by atomic mass is 9.78. The summed E-state index contributed by atoms with van der Waals surface area (Å²) < 4.78 is 0. The number of anilines is 1. The number of fused-ring (bicyclic) bond motifs is 1. The molecular weight excluding hydrogens is 348 g/mol. The molecule has 3 rings (SSSR count). The molecule has 0 bridgehead atoms. The summed E-state index contributed by atoms with van der Waals surface area (Å²) in [5.74, 6) is 0.231. The number of benzene rings is 1. The maximum atomic E-state index is 12.1. The first kappa shape index (κ1) is 20.1. The van der Waals surface area contributed by atoms with Gasteiger partial charge in [0.15, 0.2) is 0 Å². The fourth-order valence-corrected chi connectivity index (χ4v) is 4.46. The van der Waals surface area contributed by atoms with Gasteiger partial charge in [-0.25, -0.2) is 5.43 Å². The zero-order chi connectivity index (χ0) is 20.5. The van der Waals surface area contributed by atoms with Crippen LogP contribution in [0.25, 0.3) is 0 Å². The van der Waals surface area contributed by atoms with E-state index in [0.29, 0.717) is 17.5 Å². The number of aromatic nitrogens is 1. The summed E-state index contributed by atoms with van der Waals surface area (Å²) in [7, 11) is 0. The van der Waals surface area contributed by atoms with Gasteiger partial charge in [-0.05, 0) is 87.9 Å². The van der Waals surface area contributed by atoms with Gasteiger partial charge in [0.1, 0.15) is 0 Å². The van der Waals surface area contributed by atoms with Crippen LogP contribution in [-0.2, 0) is 0 Å². The lowest BCUT2D eigenvalue weighted by Crippen LogP contribution is -2.51. The van der Waals surface area contributed by atoms with Gasteiger partial charge in [-0.3, -0.25) is 9.78 Å². The highest BCUT2D eigenvalue weighted by molar-refractivity contribution is 5.95. The summed E-state index contributed by atoms with van der Waals surface area (Å²) in [6.45, 7) is 13.5. The van der Waals surface area contributed by atoms with E-state index < -0.39 is 0 Å². The Hall–Kier alpha value is -2.69. The van der Waals surface area contributed by atoms with Crippen molar-refractivity contribution >= 4 is 17.8 Å². The van der Waals surface area contributed by atoms with Crippen molar-refractivity contribution in [1.29, 1.82) is 0 Å². The first-order chi connectivity index (χ1) is 13.2. The summed E-state index contributed by atoms with van der Waals surface area (Å²) in [6, 6.07) is 8.25. The Kier molecular flexibility index (Phi) is 5.54. The van der Waals surface area contributed by atoms with Crippen molar-refractivity contribution in [2.75, 3.05) is 4.90 Å². The number of nitrogens with zero attached hydrogens (tertiary/aromatic N) is 3. The molecule has 1 aromatic heterocycles. The number of hydrogen-bond acceptors (Lipinski definition) is 4. The molecule has 2 aromatic rings. The molecule has 2 heterocycles. The highest BCUT2D eigenvalue weighted by Crippen LogP contribution is 2.45. The molecule has 1 unspecified atom stereocenters. The molecule has 0 radical (unpaired) electrons. The Labute approximate surface area is 167 Å². The highest BCUT2D eigenvalue weighted by Gasteiger charge is 2.37. The van der Waals surface area contributed by atoms with Crippen molar-refractivity contribution in [3.8, 4) is 0 Å². The first-order valence-corrected chi connectivity index (χ1v) is 9.88. The fourth-order valence-electron chi connectivity index (χ4n) is 4.46. The number of nitrogens with one attached hydrogen (secondary N) is 1. The third-order valence-electron chi connectivity index (χ3n) is 5.49. The topological polar surface area (TPSA) is 57.6 Å². The van der Waals surface area contributed by atoms with Gasteiger partial charge in [-0.1, -0.05) is 6.92 Å². The molecule has 1 aliphatic heterocycles. The van der Waals surface area contributed by atoms with Crippen molar-refractivity contribution in [1.82, 2.24) is 10.4 Å². The normalized spacial score (nSPS) is 18.4. The van der Waals surface area contributed by atoms with Crippen molar-refractivity contribution in [3.05, 3.63) is 58.9 Å². The minimum absolute atomic E-state index is 0.126. The molecule has 0 saturated carbocycles. The third kappa shape index (κ3) is 3.93. The molecule has 1 aromatic carbocycles. The monoisotopic (exact) mass is 378 g/mol. The zero-order valence-corrected chi connectivity index (χ0v) is 17.7. The van der Waals surface area contributed by atoms with Crippen LogP contribution < -0.4 is 10.3 Å². The van der Waals surface area contributed by atoms with Crippen molar-refractivity contribution in [3.63, 3.8) is 0 Å². The van der Waals surface area contributed by atoms with Crippen molar-refractivity contribution in [2.45, 2.75) is 65.5 Å². The largest absolute Gasteiger partial charge is 0.364 e. The summed E-state index contributed by atoms with van der Waals surface area (Å²) in [5.41, 5.74) is 8.11. The molecular formula is C23H30N4O. The molecule has 5 nitrogen and oxygen atoms in total. The third-order valence-corrected chi connectivity index (χ3v) is 5.49. The van der Waals surface area contributed by atoms with Gasteiger partial charge in [-0.15, -0.1) is 0 Å². The average molecular weight is 379 g/mol. The number of hydrazone groups is 1. The maximum absolute atomic E-state index is 12.1. The van der Waals surface area contributed by atoms with Gasteiger partial charge in [0, 0.05) is 35.2 Å². The number of hydrogen-bond donors (Lipinski definition) is 1. The van der Waals surface area contributed by atoms with E-state index in [-0.39, 0.29) is 11.4 Å². The summed E-state index contributed by atoms with van der Waals surface area (Å²) in [5, 5.41) is 4.18. The smallest absolute Gasteiger partial charge is 0.271 e. The minimum atomic E-state index is -0.240. The molecule has 1 N–H and O–H groups in total. The van der Waals surface area contributed by atoms with E-state index in [2.05, 4.69) is 74.1 Å².